The fourth-order valence-corrected chi connectivity index (χ4v) is 1.63. The number of aliphatic carboxylic acids is 1. The summed E-state index contributed by atoms with van der Waals surface area (Å²) in [5, 5.41) is 10.7. The van der Waals surface area contributed by atoms with Gasteiger partial charge in [-0.25, -0.2) is 0 Å². The topological polar surface area (TPSA) is 109 Å². The minimum Gasteiger partial charge on any atom is -0.481 e. The van der Waals surface area contributed by atoms with E-state index in [9.17, 15) is 27.6 Å². The van der Waals surface area contributed by atoms with Gasteiger partial charge >= 0.3 is 12.1 Å². The number of primary amides is 1. The monoisotopic (exact) mass is 318 g/mol. The third-order valence-corrected chi connectivity index (χ3v) is 2.75. The zero-order valence-corrected chi connectivity index (χ0v) is 11.2. The van der Waals surface area contributed by atoms with Crippen molar-refractivity contribution in [1.29, 1.82) is 0 Å². The van der Waals surface area contributed by atoms with E-state index >= 15 is 0 Å². The first-order valence-electron chi connectivity index (χ1n) is 6.10. The number of benzene rings is 1. The summed E-state index contributed by atoms with van der Waals surface area (Å²) < 4.78 is 37.7. The Labute approximate surface area is 123 Å². The molecule has 4 N–H and O–H groups in total. The Hall–Kier alpha value is -2.58. The fraction of sp³-hybridized carbons (Fsp3) is 0.308. The van der Waals surface area contributed by atoms with E-state index in [1.165, 1.54) is 0 Å². The van der Waals surface area contributed by atoms with Gasteiger partial charge in [-0.3, -0.25) is 14.4 Å². The molecule has 0 bridgehead atoms. The summed E-state index contributed by atoms with van der Waals surface area (Å²) in [7, 11) is 0. The standard InChI is InChI=1S/C13H13F3N2O4/c14-13(15,16)8-3-1-2-7(6-8)12(22)18-9(11(17)21)4-5-10(19)20/h1-3,6,9H,4-5H2,(H2,17,21)(H,18,22)(H,19,20)/t9-/m0/s1. The van der Waals surface area contributed by atoms with Crippen molar-refractivity contribution in [2.75, 3.05) is 0 Å². The quantitative estimate of drug-likeness (QED) is 0.731. The lowest BCUT2D eigenvalue weighted by Crippen LogP contribution is -2.44. The van der Waals surface area contributed by atoms with Crippen LogP contribution in [0.3, 0.4) is 0 Å². The van der Waals surface area contributed by atoms with Gasteiger partial charge in [-0.05, 0) is 24.6 Å². The van der Waals surface area contributed by atoms with Crippen LogP contribution < -0.4 is 11.1 Å². The summed E-state index contributed by atoms with van der Waals surface area (Å²) >= 11 is 0. The van der Waals surface area contributed by atoms with Gasteiger partial charge in [0.2, 0.25) is 5.91 Å². The van der Waals surface area contributed by atoms with E-state index in [-0.39, 0.29) is 12.0 Å². The van der Waals surface area contributed by atoms with Gasteiger partial charge in [0.1, 0.15) is 6.04 Å². The van der Waals surface area contributed by atoms with Gasteiger partial charge in [0.05, 0.1) is 5.56 Å². The number of nitrogens with two attached hydrogens (primary N) is 1. The second-order valence-electron chi connectivity index (χ2n) is 4.44. The molecule has 1 atom stereocenters. The first-order valence-corrected chi connectivity index (χ1v) is 6.10. The highest BCUT2D eigenvalue weighted by Crippen LogP contribution is 2.29. The predicted molar refractivity (Wildman–Crippen MR) is 68.8 cm³/mol. The summed E-state index contributed by atoms with van der Waals surface area (Å²) in [5.74, 6) is -3.11. The van der Waals surface area contributed by atoms with Crippen LogP contribution in [0.15, 0.2) is 24.3 Å². The number of amides is 2. The van der Waals surface area contributed by atoms with Crippen LogP contribution in [0.25, 0.3) is 0 Å². The van der Waals surface area contributed by atoms with Gasteiger partial charge in [-0.2, -0.15) is 13.2 Å². The van der Waals surface area contributed by atoms with E-state index in [1.54, 1.807) is 0 Å². The van der Waals surface area contributed by atoms with Crippen molar-refractivity contribution in [2.24, 2.45) is 5.73 Å². The molecule has 0 saturated carbocycles. The summed E-state index contributed by atoms with van der Waals surface area (Å²) in [6, 6.07) is 2.34. The highest BCUT2D eigenvalue weighted by Gasteiger charge is 2.31. The molecule has 0 aliphatic heterocycles. The van der Waals surface area contributed by atoms with Crippen molar-refractivity contribution >= 4 is 17.8 Å². The molecule has 6 nitrogen and oxygen atoms in total. The van der Waals surface area contributed by atoms with E-state index in [4.69, 9.17) is 10.8 Å². The molecule has 0 aliphatic rings. The minimum absolute atomic E-state index is 0.255. The van der Waals surface area contributed by atoms with Crippen LogP contribution in [-0.2, 0) is 15.8 Å². The number of hydrogen-bond donors (Lipinski definition) is 3. The molecule has 0 aliphatic carbocycles. The number of carbonyl (C=O) groups is 3. The Bertz CT molecular complexity index is 587. The molecule has 0 fully saturated rings. The Morgan fingerprint density at radius 1 is 1.27 bits per heavy atom. The fourth-order valence-electron chi connectivity index (χ4n) is 1.63. The van der Waals surface area contributed by atoms with Crippen molar-refractivity contribution in [3.63, 3.8) is 0 Å². The molecule has 0 radical (unpaired) electrons. The molecule has 0 aromatic heterocycles. The number of carboxylic acids is 1. The molecule has 0 heterocycles. The van der Waals surface area contributed by atoms with Crippen molar-refractivity contribution in [2.45, 2.75) is 25.1 Å². The lowest BCUT2D eigenvalue weighted by Gasteiger charge is -2.15. The Morgan fingerprint density at radius 3 is 2.41 bits per heavy atom. The maximum Gasteiger partial charge on any atom is 0.416 e. The molecular formula is C13H13F3N2O4. The van der Waals surface area contributed by atoms with Gasteiger partial charge in [-0.15, -0.1) is 0 Å². The van der Waals surface area contributed by atoms with Crippen LogP contribution in [0.4, 0.5) is 13.2 Å². The lowest BCUT2D eigenvalue weighted by molar-refractivity contribution is -0.138. The SMILES string of the molecule is NC(=O)[C@H](CCC(=O)O)NC(=O)c1cccc(C(F)(F)F)c1. The van der Waals surface area contributed by atoms with E-state index in [0.29, 0.717) is 6.07 Å². The molecule has 22 heavy (non-hydrogen) atoms. The molecule has 120 valence electrons. The van der Waals surface area contributed by atoms with E-state index < -0.39 is 42.0 Å². The van der Waals surface area contributed by atoms with E-state index in [2.05, 4.69) is 5.32 Å². The maximum atomic E-state index is 12.6. The average Bonchev–Trinajstić information content (AvgIpc) is 2.41. The lowest BCUT2D eigenvalue weighted by atomic mass is 10.1. The molecule has 9 heteroatoms. The first kappa shape index (κ1) is 17.5. The van der Waals surface area contributed by atoms with Crippen LogP contribution in [0.5, 0.6) is 0 Å². The Morgan fingerprint density at radius 2 is 1.91 bits per heavy atom. The number of hydrogen-bond acceptors (Lipinski definition) is 3. The molecule has 1 rings (SSSR count). The number of nitrogens with one attached hydrogen (secondary N) is 1. The summed E-state index contributed by atoms with van der Waals surface area (Å²) in [5.41, 5.74) is 3.70. The number of halogens is 3. The predicted octanol–water partition coefficient (Wildman–Crippen LogP) is 1.15. The smallest absolute Gasteiger partial charge is 0.416 e. The van der Waals surface area contributed by atoms with Crippen molar-refractivity contribution in [3.8, 4) is 0 Å². The number of rotatable bonds is 6. The van der Waals surface area contributed by atoms with Gasteiger partial charge in [0.25, 0.3) is 5.91 Å². The third kappa shape index (κ3) is 5.08. The number of carboxylic acid groups (broad SMARTS) is 1. The van der Waals surface area contributed by atoms with Gasteiger partial charge in [0, 0.05) is 12.0 Å². The van der Waals surface area contributed by atoms with Crippen molar-refractivity contribution in [1.82, 2.24) is 5.32 Å². The van der Waals surface area contributed by atoms with Crippen LogP contribution in [0.2, 0.25) is 0 Å². The summed E-state index contributed by atoms with van der Waals surface area (Å²) in [6.07, 6.45) is -5.28. The van der Waals surface area contributed by atoms with Crippen molar-refractivity contribution in [3.05, 3.63) is 35.4 Å². The van der Waals surface area contributed by atoms with Gasteiger partial charge in [0.15, 0.2) is 0 Å². The Kier molecular flexibility index (Phi) is 5.50. The normalized spacial score (nSPS) is 12.5. The molecule has 0 unspecified atom stereocenters. The average molecular weight is 318 g/mol. The van der Waals surface area contributed by atoms with Crippen molar-refractivity contribution < 1.29 is 32.7 Å². The molecule has 1 aromatic rings. The first-order chi connectivity index (χ1) is 10.1. The van der Waals surface area contributed by atoms with Crippen LogP contribution in [0, 0.1) is 0 Å². The Balaban J connectivity index is 2.86. The largest absolute Gasteiger partial charge is 0.481 e. The zero-order valence-electron chi connectivity index (χ0n) is 11.2. The summed E-state index contributed by atoms with van der Waals surface area (Å²) in [4.78, 5) is 33.4. The second kappa shape index (κ2) is 6.92. The second-order valence-corrected chi connectivity index (χ2v) is 4.44. The molecule has 2 amide bonds. The van der Waals surface area contributed by atoms with Gasteiger partial charge in [-0.1, -0.05) is 6.07 Å². The molecule has 1 aromatic carbocycles. The number of alkyl halides is 3. The molecular weight excluding hydrogens is 305 g/mol. The highest BCUT2D eigenvalue weighted by molar-refractivity contribution is 5.97. The maximum absolute atomic E-state index is 12.6. The summed E-state index contributed by atoms with van der Waals surface area (Å²) in [6.45, 7) is 0. The highest BCUT2D eigenvalue weighted by atomic mass is 19.4. The minimum atomic E-state index is -4.61. The van der Waals surface area contributed by atoms with E-state index in [1.807, 2.05) is 0 Å². The van der Waals surface area contributed by atoms with Gasteiger partial charge < -0.3 is 16.2 Å². The molecule has 0 saturated heterocycles. The third-order valence-electron chi connectivity index (χ3n) is 2.75. The van der Waals surface area contributed by atoms with E-state index in [0.717, 1.165) is 18.2 Å². The zero-order chi connectivity index (χ0) is 16.9. The van der Waals surface area contributed by atoms with Crippen LogP contribution in [-0.4, -0.2) is 28.9 Å². The van der Waals surface area contributed by atoms with Crippen LogP contribution in [0.1, 0.15) is 28.8 Å². The molecule has 0 spiro atoms. The van der Waals surface area contributed by atoms with Crippen LogP contribution >= 0.6 is 0 Å². The number of carbonyl (C=O) groups excluding carboxylic acids is 2.